The third-order valence-corrected chi connectivity index (χ3v) is 4.09. The number of aryl methyl sites for hydroxylation is 1. The van der Waals surface area contributed by atoms with E-state index in [-0.39, 0.29) is 5.91 Å². The Morgan fingerprint density at radius 3 is 2.54 bits per heavy atom. The van der Waals surface area contributed by atoms with Gasteiger partial charge in [-0.25, -0.2) is 4.79 Å². The maximum Gasteiger partial charge on any atom is 0.342 e. The Bertz CT molecular complexity index is 720. The van der Waals surface area contributed by atoms with E-state index in [0.717, 1.165) is 17.7 Å². The second kappa shape index (κ2) is 7.81. The van der Waals surface area contributed by atoms with Crippen molar-refractivity contribution in [2.45, 2.75) is 46.1 Å². The van der Waals surface area contributed by atoms with E-state index >= 15 is 0 Å². The van der Waals surface area contributed by atoms with E-state index in [0.29, 0.717) is 17.2 Å². The Morgan fingerprint density at radius 2 is 1.92 bits per heavy atom. The molecule has 5 heteroatoms. The van der Waals surface area contributed by atoms with E-state index in [9.17, 15) is 9.59 Å². The monoisotopic (exact) mass is 329 g/mol. The minimum absolute atomic E-state index is 0.327. The third-order valence-electron chi connectivity index (χ3n) is 4.09. The summed E-state index contributed by atoms with van der Waals surface area (Å²) in [5.41, 5.74) is 2.14. The van der Waals surface area contributed by atoms with Crippen molar-refractivity contribution < 1.29 is 18.7 Å². The van der Waals surface area contributed by atoms with E-state index in [1.54, 1.807) is 13.8 Å². The first-order chi connectivity index (χ1) is 11.4. The number of benzene rings is 1. The molecule has 1 aromatic heterocycles. The number of para-hydroxylation sites is 1. The zero-order valence-electron chi connectivity index (χ0n) is 14.5. The highest BCUT2D eigenvalue weighted by Gasteiger charge is 2.22. The molecule has 24 heavy (non-hydrogen) atoms. The van der Waals surface area contributed by atoms with Gasteiger partial charge >= 0.3 is 5.97 Å². The van der Waals surface area contributed by atoms with Gasteiger partial charge in [-0.3, -0.25) is 4.79 Å². The molecule has 0 fully saturated rings. The summed E-state index contributed by atoms with van der Waals surface area (Å²) >= 11 is 0. The second-order valence-corrected chi connectivity index (χ2v) is 5.82. The lowest BCUT2D eigenvalue weighted by molar-refractivity contribution is -0.123. The number of esters is 1. The molecule has 0 spiro atoms. The van der Waals surface area contributed by atoms with E-state index in [1.807, 2.05) is 24.3 Å². The van der Waals surface area contributed by atoms with Gasteiger partial charge in [0, 0.05) is 5.69 Å². The second-order valence-electron chi connectivity index (χ2n) is 5.82. The molecule has 0 unspecified atom stereocenters. The van der Waals surface area contributed by atoms with Crippen molar-refractivity contribution in [3.8, 4) is 0 Å². The number of amides is 1. The van der Waals surface area contributed by atoms with Gasteiger partial charge in [0.05, 0.1) is 6.26 Å². The Morgan fingerprint density at radius 1 is 1.21 bits per heavy atom. The van der Waals surface area contributed by atoms with Gasteiger partial charge in [0.2, 0.25) is 0 Å². The van der Waals surface area contributed by atoms with Crippen LogP contribution in [0.2, 0.25) is 0 Å². The number of nitrogens with one attached hydrogen (secondary N) is 1. The molecule has 1 amide bonds. The molecular formula is C19H23NO4. The predicted molar refractivity (Wildman–Crippen MR) is 92.1 cm³/mol. The summed E-state index contributed by atoms with van der Waals surface area (Å²) in [6, 6.07) is 9.19. The lowest BCUT2D eigenvalue weighted by Gasteiger charge is -2.18. The average Bonchev–Trinajstić information content (AvgIpc) is 3.00. The number of hydrogen-bond acceptors (Lipinski definition) is 4. The molecule has 0 saturated carbocycles. The highest BCUT2D eigenvalue weighted by Crippen LogP contribution is 2.26. The number of carbonyl (C=O) groups excluding carboxylic acids is 2. The fraction of sp³-hybridized carbons (Fsp3) is 0.368. The molecule has 0 bridgehead atoms. The molecule has 0 aliphatic heterocycles. The van der Waals surface area contributed by atoms with Crippen molar-refractivity contribution in [3.05, 3.63) is 53.5 Å². The predicted octanol–water partition coefficient (Wildman–Crippen LogP) is 4.29. The van der Waals surface area contributed by atoms with Crippen LogP contribution in [-0.4, -0.2) is 18.0 Å². The standard InChI is InChI=1S/C19H23NO4/c1-5-12(2)15-8-6-7-9-17(15)20-18(21)14(4)24-19(22)16-10-11-23-13(16)3/h6-12,14H,5H2,1-4H3,(H,20,21)/t12-,14+/m1/s1. The van der Waals surface area contributed by atoms with Crippen LogP contribution in [0.5, 0.6) is 0 Å². The van der Waals surface area contributed by atoms with Crippen molar-refractivity contribution >= 4 is 17.6 Å². The fourth-order valence-electron chi connectivity index (χ4n) is 2.37. The van der Waals surface area contributed by atoms with Gasteiger partial charge in [-0.1, -0.05) is 32.0 Å². The molecule has 2 rings (SSSR count). The Hall–Kier alpha value is -2.56. The minimum Gasteiger partial charge on any atom is -0.469 e. The van der Waals surface area contributed by atoms with Crippen LogP contribution in [0.15, 0.2) is 41.0 Å². The van der Waals surface area contributed by atoms with Crippen LogP contribution in [-0.2, 0) is 9.53 Å². The topological polar surface area (TPSA) is 68.5 Å². The highest BCUT2D eigenvalue weighted by molar-refractivity contribution is 5.98. The van der Waals surface area contributed by atoms with Gasteiger partial charge in [0.25, 0.3) is 5.91 Å². The fourth-order valence-corrected chi connectivity index (χ4v) is 2.37. The lowest BCUT2D eigenvalue weighted by Crippen LogP contribution is -2.30. The normalized spacial score (nSPS) is 13.2. The van der Waals surface area contributed by atoms with E-state index in [2.05, 4.69) is 19.2 Å². The number of ether oxygens (including phenoxy) is 1. The van der Waals surface area contributed by atoms with Gasteiger partial charge in [0.15, 0.2) is 6.10 Å². The van der Waals surface area contributed by atoms with Crippen molar-refractivity contribution in [3.63, 3.8) is 0 Å². The van der Waals surface area contributed by atoms with Crippen LogP contribution in [0.4, 0.5) is 5.69 Å². The third kappa shape index (κ3) is 4.04. The SMILES string of the molecule is CC[C@@H](C)c1ccccc1NC(=O)[C@H](C)OC(=O)c1ccoc1C. The number of carbonyl (C=O) groups is 2. The summed E-state index contributed by atoms with van der Waals surface area (Å²) in [5.74, 6) is -0.137. The largest absolute Gasteiger partial charge is 0.469 e. The first-order valence-corrected chi connectivity index (χ1v) is 8.08. The zero-order valence-corrected chi connectivity index (χ0v) is 14.5. The van der Waals surface area contributed by atoms with Crippen LogP contribution < -0.4 is 5.32 Å². The summed E-state index contributed by atoms with van der Waals surface area (Å²) < 4.78 is 10.3. The van der Waals surface area contributed by atoms with Crippen molar-refractivity contribution in [1.29, 1.82) is 0 Å². The maximum atomic E-state index is 12.4. The molecule has 1 heterocycles. The van der Waals surface area contributed by atoms with Gasteiger partial charge in [-0.15, -0.1) is 0 Å². The molecule has 0 aliphatic rings. The highest BCUT2D eigenvalue weighted by atomic mass is 16.5. The van der Waals surface area contributed by atoms with Gasteiger partial charge < -0.3 is 14.5 Å². The van der Waals surface area contributed by atoms with Crippen LogP contribution in [0, 0.1) is 6.92 Å². The molecule has 0 aliphatic carbocycles. The smallest absolute Gasteiger partial charge is 0.342 e. The first kappa shape index (κ1) is 17.8. The van der Waals surface area contributed by atoms with Crippen LogP contribution in [0.1, 0.15) is 54.8 Å². The number of rotatable bonds is 6. The maximum absolute atomic E-state index is 12.4. The van der Waals surface area contributed by atoms with Gasteiger partial charge in [0.1, 0.15) is 11.3 Å². The van der Waals surface area contributed by atoms with Crippen molar-refractivity contribution in [2.24, 2.45) is 0 Å². The van der Waals surface area contributed by atoms with Gasteiger partial charge in [-0.2, -0.15) is 0 Å². The summed E-state index contributed by atoms with van der Waals surface area (Å²) in [4.78, 5) is 24.4. The van der Waals surface area contributed by atoms with E-state index in [4.69, 9.17) is 9.15 Å². The molecule has 128 valence electrons. The molecular weight excluding hydrogens is 306 g/mol. The van der Waals surface area contributed by atoms with E-state index < -0.39 is 12.1 Å². The summed E-state index contributed by atoms with van der Waals surface area (Å²) in [7, 11) is 0. The van der Waals surface area contributed by atoms with Crippen LogP contribution >= 0.6 is 0 Å². The molecule has 2 atom stereocenters. The average molecular weight is 329 g/mol. The molecule has 5 nitrogen and oxygen atoms in total. The van der Waals surface area contributed by atoms with Crippen molar-refractivity contribution in [2.75, 3.05) is 5.32 Å². The van der Waals surface area contributed by atoms with Gasteiger partial charge in [-0.05, 0) is 43.9 Å². The van der Waals surface area contributed by atoms with Crippen LogP contribution in [0.25, 0.3) is 0 Å². The van der Waals surface area contributed by atoms with E-state index in [1.165, 1.54) is 12.3 Å². The molecule has 2 aromatic rings. The number of anilines is 1. The minimum atomic E-state index is -0.906. The quantitative estimate of drug-likeness (QED) is 0.803. The Labute approximate surface area is 142 Å². The summed E-state index contributed by atoms with van der Waals surface area (Å²) in [6.45, 7) is 7.43. The lowest BCUT2D eigenvalue weighted by atomic mass is 9.97. The summed E-state index contributed by atoms with van der Waals surface area (Å²) in [6.07, 6.45) is 1.48. The number of furan rings is 1. The molecule has 1 N–H and O–H groups in total. The summed E-state index contributed by atoms with van der Waals surface area (Å²) in [5, 5.41) is 2.85. The zero-order chi connectivity index (χ0) is 17.7. The Kier molecular flexibility index (Phi) is 5.79. The molecule has 0 radical (unpaired) electrons. The molecule has 1 aromatic carbocycles. The molecule has 0 saturated heterocycles. The first-order valence-electron chi connectivity index (χ1n) is 8.08. The Balaban J connectivity index is 2.05. The number of hydrogen-bond donors (Lipinski definition) is 1. The van der Waals surface area contributed by atoms with Crippen LogP contribution in [0.3, 0.4) is 0 Å². The van der Waals surface area contributed by atoms with Crippen molar-refractivity contribution in [1.82, 2.24) is 0 Å².